The molecule has 11 heteroatoms. The highest BCUT2D eigenvalue weighted by molar-refractivity contribution is 7.89. The Labute approximate surface area is 188 Å². The second kappa shape index (κ2) is 8.37. The molecular formula is C22H22F4N2O4S. The molecule has 4 rings (SSSR count). The summed E-state index contributed by atoms with van der Waals surface area (Å²) in [5, 5.41) is 0. The maximum Gasteiger partial charge on any atom is 0.416 e. The Balaban J connectivity index is 1.49. The van der Waals surface area contributed by atoms with Crippen molar-refractivity contribution in [3.63, 3.8) is 0 Å². The highest BCUT2D eigenvalue weighted by atomic mass is 32.2. The van der Waals surface area contributed by atoms with Gasteiger partial charge in [0.2, 0.25) is 10.0 Å². The Morgan fingerprint density at radius 2 is 1.67 bits per heavy atom. The maximum atomic E-state index is 13.6. The number of aryl methyl sites for hydroxylation is 1. The Morgan fingerprint density at radius 3 is 2.24 bits per heavy atom. The molecule has 2 aliphatic rings. The standard InChI is InChI=1S/C22H22F4N2O4S/c1-15-14-18(6-7-19(15)23)33(30,31)28-12-13-32-21(28)8-10-27(11-9-21)20(29)16-2-4-17(5-3-16)22(24,25)26/h2-7,14H,8-13H2,1H3. The van der Waals surface area contributed by atoms with Crippen LogP contribution in [-0.4, -0.2) is 55.5 Å². The monoisotopic (exact) mass is 486 g/mol. The topological polar surface area (TPSA) is 66.9 Å². The van der Waals surface area contributed by atoms with E-state index >= 15 is 0 Å². The lowest BCUT2D eigenvalue weighted by molar-refractivity contribution is -0.137. The number of hydrogen-bond acceptors (Lipinski definition) is 4. The number of amides is 1. The Bertz CT molecular complexity index is 1160. The van der Waals surface area contributed by atoms with E-state index in [1.165, 1.54) is 28.3 Å². The molecule has 1 amide bonds. The van der Waals surface area contributed by atoms with Gasteiger partial charge in [0, 0.05) is 38.0 Å². The number of hydrogen-bond donors (Lipinski definition) is 0. The van der Waals surface area contributed by atoms with E-state index in [2.05, 4.69) is 0 Å². The van der Waals surface area contributed by atoms with Crippen molar-refractivity contribution in [1.82, 2.24) is 9.21 Å². The zero-order valence-corrected chi connectivity index (χ0v) is 18.5. The highest BCUT2D eigenvalue weighted by Crippen LogP contribution is 2.39. The quantitative estimate of drug-likeness (QED) is 0.619. The number of likely N-dealkylation sites (tertiary alicyclic amines) is 1. The zero-order chi connectivity index (χ0) is 24.0. The average Bonchev–Trinajstić information content (AvgIpc) is 3.19. The molecule has 0 aliphatic carbocycles. The van der Waals surface area contributed by atoms with Crippen molar-refractivity contribution >= 4 is 15.9 Å². The third-order valence-electron chi connectivity index (χ3n) is 6.13. The summed E-state index contributed by atoms with van der Waals surface area (Å²) in [5.74, 6) is -0.934. The number of alkyl halides is 3. The largest absolute Gasteiger partial charge is 0.416 e. The molecule has 0 bridgehead atoms. The first-order chi connectivity index (χ1) is 15.4. The number of benzene rings is 2. The lowest BCUT2D eigenvalue weighted by Crippen LogP contribution is -2.55. The molecule has 2 saturated heterocycles. The number of sulfonamides is 1. The molecular weight excluding hydrogens is 464 g/mol. The van der Waals surface area contributed by atoms with Crippen LogP contribution in [0.5, 0.6) is 0 Å². The molecule has 2 aliphatic heterocycles. The molecule has 2 aromatic carbocycles. The second-order valence-electron chi connectivity index (χ2n) is 8.15. The van der Waals surface area contributed by atoms with Crippen LogP contribution in [0, 0.1) is 12.7 Å². The van der Waals surface area contributed by atoms with Crippen LogP contribution in [0.4, 0.5) is 17.6 Å². The molecule has 1 spiro atoms. The lowest BCUT2D eigenvalue weighted by Gasteiger charge is -2.42. The van der Waals surface area contributed by atoms with Gasteiger partial charge in [-0.3, -0.25) is 4.79 Å². The summed E-state index contributed by atoms with van der Waals surface area (Å²) in [6, 6.07) is 7.59. The van der Waals surface area contributed by atoms with Crippen LogP contribution in [0.3, 0.4) is 0 Å². The second-order valence-corrected chi connectivity index (χ2v) is 10.0. The van der Waals surface area contributed by atoms with Crippen molar-refractivity contribution in [2.24, 2.45) is 0 Å². The van der Waals surface area contributed by atoms with E-state index in [0.29, 0.717) is 0 Å². The number of nitrogens with zero attached hydrogens (tertiary/aromatic N) is 2. The molecule has 0 N–H and O–H groups in total. The van der Waals surface area contributed by atoms with Gasteiger partial charge in [0.25, 0.3) is 5.91 Å². The summed E-state index contributed by atoms with van der Waals surface area (Å²) < 4.78 is 85.6. The van der Waals surface area contributed by atoms with Crippen molar-refractivity contribution in [1.29, 1.82) is 0 Å². The molecule has 2 aromatic rings. The predicted octanol–water partition coefficient (Wildman–Crippen LogP) is 3.81. The Morgan fingerprint density at radius 1 is 1.03 bits per heavy atom. The third-order valence-corrected chi connectivity index (χ3v) is 8.07. The number of carbonyl (C=O) groups excluding carboxylic acids is 1. The van der Waals surface area contributed by atoms with Gasteiger partial charge in [-0.2, -0.15) is 17.5 Å². The van der Waals surface area contributed by atoms with Gasteiger partial charge < -0.3 is 9.64 Å². The van der Waals surface area contributed by atoms with E-state index in [1.54, 1.807) is 0 Å². The summed E-state index contributed by atoms with van der Waals surface area (Å²) in [7, 11) is -3.96. The minimum absolute atomic E-state index is 0.0328. The number of carbonyl (C=O) groups is 1. The summed E-state index contributed by atoms with van der Waals surface area (Å²) in [5.41, 5.74) is -1.63. The average molecular weight is 486 g/mol. The van der Waals surface area contributed by atoms with Crippen LogP contribution < -0.4 is 0 Å². The predicted molar refractivity (Wildman–Crippen MR) is 110 cm³/mol. The Hall–Kier alpha value is -2.50. The normalized spacial score (nSPS) is 19.2. The molecule has 0 aromatic heterocycles. The first-order valence-corrected chi connectivity index (χ1v) is 11.8. The van der Waals surface area contributed by atoms with Gasteiger partial charge in [-0.15, -0.1) is 0 Å². The van der Waals surface area contributed by atoms with Crippen LogP contribution >= 0.6 is 0 Å². The van der Waals surface area contributed by atoms with Crippen molar-refractivity contribution in [3.05, 3.63) is 65.0 Å². The van der Waals surface area contributed by atoms with E-state index in [0.717, 1.165) is 30.3 Å². The van der Waals surface area contributed by atoms with Gasteiger partial charge in [-0.25, -0.2) is 12.8 Å². The third kappa shape index (κ3) is 4.36. The zero-order valence-electron chi connectivity index (χ0n) is 17.7. The molecule has 6 nitrogen and oxygen atoms in total. The van der Waals surface area contributed by atoms with Crippen LogP contribution in [-0.2, 0) is 20.9 Å². The molecule has 0 saturated carbocycles. The van der Waals surface area contributed by atoms with E-state index < -0.39 is 39.2 Å². The number of halogens is 4. The molecule has 2 heterocycles. The van der Waals surface area contributed by atoms with Crippen LogP contribution in [0.15, 0.2) is 47.4 Å². The summed E-state index contributed by atoms with van der Waals surface area (Å²) in [6.45, 7) is 2.15. The molecule has 0 unspecified atom stereocenters. The van der Waals surface area contributed by atoms with Crippen LogP contribution in [0.1, 0.15) is 34.3 Å². The molecule has 178 valence electrons. The van der Waals surface area contributed by atoms with Gasteiger partial charge in [-0.1, -0.05) is 0 Å². The molecule has 0 atom stereocenters. The van der Waals surface area contributed by atoms with Crippen molar-refractivity contribution in [2.75, 3.05) is 26.2 Å². The molecule has 0 radical (unpaired) electrons. The molecule has 2 fully saturated rings. The maximum absolute atomic E-state index is 13.6. The first-order valence-electron chi connectivity index (χ1n) is 10.3. The van der Waals surface area contributed by atoms with E-state index in [1.807, 2.05) is 0 Å². The van der Waals surface area contributed by atoms with Crippen molar-refractivity contribution < 1.29 is 35.5 Å². The minimum Gasteiger partial charge on any atom is -0.358 e. The van der Waals surface area contributed by atoms with Crippen LogP contribution in [0.25, 0.3) is 0 Å². The number of ether oxygens (including phenoxy) is 1. The summed E-state index contributed by atoms with van der Waals surface area (Å²) >= 11 is 0. The summed E-state index contributed by atoms with van der Waals surface area (Å²) in [4.78, 5) is 14.2. The minimum atomic E-state index is -4.49. The van der Waals surface area contributed by atoms with Crippen molar-refractivity contribution in [2.45, 2.75) is 36.6 Å². The Kier molecular flexibility index (Phi) is 6.00. The van der Waals surface area contributed by atoms with Gasteiger partial charge >= 0.3 is 6.18 Å². The van der Waals surface area contributed by atoms with Gasteiger partial charge in [-0.05, 0) is 55.0 Å². The van der Waals surface area contributed by atoms with E-state index in [9.17, 15) is 30.8 Å². The number of piperidine rings is 1. The fourth-order valence-corrected chi connectivity index (χ4v) is 6.08. The fourth-order valence-electron chi connectivity index (χ4n) is 4.28. The lowest BCUT2D eigenvalue weighted by atomic mass is 9.99. The number of rotatable bonds is 3. The molecule has 33 heavy (non-hydrogen) atoms. The first kappa shape index (κ1) is 23.7. The smallest absolute Gasteiger partial charge is 0.358 e. The SMILES string of the molecule is Cc1cc(S(=O)(=O)N2CCOC23CCN(C(=O)c2ccc(C(F)(F)F)cc2)CC3)ccc1F. The van der Waals surface area contributed by atoms with Gasteiger partial charge in [0.15, 0.2) is 0 Å². The van der Waals surface area contributed by atoms with E-state index in [4.69, 9.17) is 4.74 Å². The summed E-state index contributed by atoms with van der Waals surface area (Å²) in [6.07, 6.45) is -4.07. The highest BCUT2D eigenvalue weighted by Gasteiger charge is 2.51. The van der Waals surface area contributed by atoms with E-state index in [-0.39, 0.29) is 55.1 Å². The van der Waals surface area contributed by atoms with Crippen molar-refractivity contribution in [3.8, 4) is 0 Å². The van der Waals surface area contributed by atoms with Crippen LogP contribution in [0.2, 0.25) is 0 Å². The van der Waals surface area contributed by atoms with Gasteiger partial charge in [0.05, 0.1) is 17.1 Å². The fraction of sp³-hybridized carbons (Fsp3) is 0.409. The van der Waals surface area contributed by atoms with Gasteiger partial charge in [0.1, 0.15) is 11.5 Å².